The standard InChI is InChI=1S/C19H40N2/c1-2-3-4-5-6-7-8-9-10-11-12-13-14-15-16-17-18-19(20)21/h18H,2-17,20-21H2,1H3. The fraction of sp³-hybridized carbons (Fsp3) is 0.895. The van der Waals surface area contributed by atoms with E-state index in [4.69, 9.17) is 11.5 Å². The van der Waals surface area contributed by atoms with E-state index >= 15 is 0 Å². The first-order valence-corrected chi connectivity index (χ1v) is 9.48. The van der Waals surface area contributed by atoms with Crippen molar-refractivity contribution in [3.8, 4) is 0 Å². The molecule has 0 aromatic rings. The predicted octanol–water partition coefficient (Wildman–Crippen LogP) is 6.01. The molecule has 0 rings (SSSR count). The third-order valence-electron chi connectivity index (χ3n) is 4.19. The first kappa shape index (κ1) is 20.3. The number of nitrogens with two attached hydrogens (primary N) is 2. The molecule has 0 amide bonds. The molecule has 0 bridgehead atoms. The molecule has 0 unspecified atom stereocenters. The van der Waals surface area contributed by atoms with Crippen molar-refractivity contribution in [2.45, 2.75) is 110 Å². The monoisotopic (exact) mass is 296 g/mol. The molecule has 21 heavy (non-hydrogen) atoms. The van der Waals surface area contributed by atoms with E-state index in [0.717, 1.165) is 6.42 Å². The molecule has 0 saturated heterocycles. The fourth-order valence-corrected chi connectivity index (χ4v) is 2.78. The Kier molecular flexibility index (Phi) is 16.8. The van der Waals surface area contributed by atoms with Gasteiger partial charge in [-0.05, 0) is 18.9 Å². The van der Waals surface area contributed by atoms with Gasteiger partial charge in [-0.15, -0.1) is 0 Å². The molecule has 0 aliphatic rings. The van der Waals surface area contributed by atoms with Crippen molar-refractivity contribution < 1.29 is 0 Å². The molecule has 4 N–H and O–H groups in total. The molecule has 0 heterocycles. The molecule has 0 saturated carbocycles. The van der Waals surface area contributed by atoms with Crippen molar-refractivity contribution in [2.24, 2.45) is 11.5 Å². The van der Waals surface area contributed by atoms with Crippen LogP contribution >= 0.6 is 0 Å². The fourth-order valence-electron chi connectivity index (χ4n) is 2.78. The Morgan fingerprint density at radius 2 is 0.905 bits per heavy atom. The predicted molar refractivity (Wildman–Crippen MR) is 96.0 cm³/mol. The SMILES string of the molecule is CCCCCCCCCCCCCCCCCC=C(N)N. The number of rotatable bonds is 16. The Labute approximate surface area is 133 Å². The molecule has 126 valence electrons. The van der Waals surface area contributed by atoms with E-state index in [-0.39, 0.29) is 0 Å². The van der Waals surface area contributed by atoms with Crippen LogP contribution in [0.3, 0.4) is 0 Å². The summed E-state index contributed by atoms with van der Waals surface area (Å²) >= 11 is 0. The van der Waals surface area contributed by atoms with E-state index in [2.05, 4.69) is 6.92 Å². The van der Waals surface area contributed by atoms with E-state index in [0.29, 0.717) is 5.82 Å². The van der Waals surface area contributed by atoms with Gasteiger partial charge in [0.05, 0.1) is 5.82 Å². The van der Waals surface area contributed by atoms with E-state index in [1.807, 2.05) is 6.08 Å². The van der Waals surface area contributed by atoms with Crippen LogP contribution in [0.2, 0.25) is 0 Å². The second kappa shape index (κ2) is 17.4. The third kappa shape index (κ3) is 19.3. The van der Waals surface area contributed by atoms with Crippen molar-refractivity contribution >= 4 is 0 Å². The van der Waals surface area contributed by atoms with Crippen LogP contribution < -0.4 is 11.5 Å². The van der Waals surface area contributed by atoms with Gasteiger partial charge in [-0.3, -0.25) is 0 Å². The lowest BCUT2D eigenvalue weighted by Gasteiger charge is -2.03. The van der Waals surface area contributed by atoms with Crippen LogP contribution in [-0.2, 0) is 0 Å². The summed E-state index contributed by atoms with van der Waals surface area (Å²) in [7, 11) is 0. The Bertz CT molecular complexity index is 220. The van der Waals surface area contributed by atoms with E-state index in [9.17, 15) is 0 Å². The summed E-state index contributed by atoms with van der Waals surface area (Å²) in [5, 5.41) is 0. The molecule has 0 spiro atoms. The number of hydrogen-bond acceptors (Lipinski definition) is 2. The van der Waals surface area contributed by atoms with Crippen molar-refractivity contribution in [3.05, 3.63) is 11.9 Å². The Morgan fingerprint density at radius 1 is 0.571 bits per heavy atom. The maximum Gasteiger partial charge on any atom is 0.0892 e. The minimum atomic E-state index is 0.473. The summed E-state index contributed by atoms with van der Waals surface area (Å²) in [5.74, 6) is 0.473. The van der Waals surface area contributed by atoms with Crippen LogP contribution in [0.4, 0.5) is 0 Å². The van der Waals surface area contributed by atoms with Gasteiger partial charge in [0.15, 0.2) is 0 Å². The molecule has 0 aliphatic heterocycles. The van der Waals surface area contributed by atoms with Crippen LogP contribution in [0.25, 0.3) is 0 Å². The molecular weight excluding hydrogens is 256 g/mol. The lowest BCUT2D eigenvalue weighted by molar-refractivity contribution is 0.533. The zero-order valence-electron chi connectivity index (χ0n) is 14.5. The molecular formula is C19H40N2. The molecule has 0 aromatic carbocycles. The van der Waals surface area contributed by atoms with Gasteiger partial charge in [0, 0.05) is 0 Å². The van der Waals surface area contributed by atoms with Crippen LogP contribution in [0.5, 0.6) is 0 Å². The van der Waals surface area contributed by atoms with E-state index in [1.54, 1.807) is 0 Å². The van der Waals surface area contributed by atoms with E-state index < -0.39 is 0 Å². The van der Waals surface area contributed by atoms with Crippen molar-refractivity contribution in [2.75, 3.05) is 0 Å². The first-order valence-electron chi connectivity index (χ1n) is 9.48. The normalized spacial score (nSPS) is 10.7. The average Bonchev–Trinajstić information content (AvgIpc) is 2.46. The maximum absolute atomic E-state index is 5.39. The molecule has 0 aromatic heterocycles. The van der Waals surface area contributed by atoms with Gasteiger partial charge in [-0.2, -0.15) is 0 Å². The van der Waals surface area contributed by atoms with Gasteiger partial charge >= 0.3 is 0 Å². The molecule has 2 nitrogen and oxygen atoms in total. The summed E-state index contributed by atoms with van der Waals surface area (Å²) in [5.41, 5.74) is 10.8. The Hall–Kier alpha value is -0.660. The van der Waals surface area contributed by atoms with Crippen LogP contribution in [0, 0.1) is 0 Å². The largest absolute Gasteiger partial charge is 0.386 e. The highest BCUT2D eigenvalue weighted by Gasteiger charge is 1.94. The van der Waals surface area contributed by atoms with Gasteiger partial charge in [0.2, 0.25) is 0 Å². The molecule has 0 atom stereocenters. The minimum absolute atomic E-state index is 0.473. The third-order valence-corrected chi connectivity index (χ3v) is 4.19. The highest BCUT2D eigenvalue weighted by molar-refractivity contribution is 4.89. The number of allylic oxidation sites excluding steroid dienone is 1. The highest BCUT2D eigenvalue weighted by atomic mass is 14.8. The first-order chi connectivity index (χ1) is 10.3. The second-order valence-corrected chi connectivity index (χ2v) is 6.44. The van der Waals surface area contributed by atoms with Gasteiger partial charge in [0.25, 0.3) is 0 Å². The average molecular weight is 297 g/mol. The Morgan fingerprint density at radius 3 is 1.24 bits per heavy atom. The van der Waals surface area contributed by atoms with Crippen molar-refractivity contribution in [3.63, 3.8) is 0 Å². The van der Waals surface area contributed by atoms with Gasteiger partial charge in [0.1, 0.15) is 0 Å². The maximum atomic E-state index is 5.39. The second-order valence-electron chi connectivity index (χ2n) is 6.44. The lowest BCUT2D eigenvalue weighted by Crippen LogP contribution is -2.07. The summed E-state index contributed by atoms with van der Waals surface area (Å²) in [6.45, 7) is 2.28. The van der Waals surface area contributed by atoms with Crippen molar-refractivity contribution in [1.29, 1.82) is 0 Å². The molecule has 0 radical (unpaired) electrons. The van der Waals surface area contributed by atoms with Crippen LogP contribution in [0.1, 0.15) is 110 Å². The lowest BCUT2D eigenvalue weighted by atomic mass is 10.0. The van der Waals surface area contributed by atoms with E-state index in [1.165, 1.54) is 96.3 Å². The minimum Gasteiger partial charge on any atom is -0.386 e. The van der Waals surface area contributed by atoms with Crippen molar-refractivity contribution in [1.82, 2.24) is 0 Å². The van der Waals surface area contributed by atoms with Crippen LogP contribution in [-0.4, -0.2) is 0 Å². The topological polar surface area (TPSA) is 52.0 Å². The Balaban J connectivity index is 2.98. The van der Waals surface area contributed by atoms with Gasteiger partial charge < -0.3 is 11.5 Å². The van der Waals surface area contributed by atoms with Gasteiger partial charge in [-0.25, -0.2) is 0 Å². The van der Waals surface area contributed by atoms with Crippen LogP contribution in [0.15, 0.2) is 11.9 Å². The summed E-state index contributed by atoms with van der Waals surface area (Å²) in [4.78, 5) is 0. The molecule has 0 fully saturated rings. The molecule has 0 aliphatic carbocycles. The summed E-state index contributed by atoms with van der Waals surface area (Å²) in [6.07, 6.45) is 24.1. The zero-order valence-corrected chi connectivity index (χ0v) is 14.5. The summed E-state index contributed by atoms with van der Waals surface area (Å²) in [6, 6.07) is 0. The smallest absolute Gasteiger partial charge is 0.0892 e. The quantitative estimate of drug-likeness (QED) is 0.343. The zero-order chi connectivity index (χ0) is 15.6. The molecule has 2 heteroatoms. The summed E-state index contributed by atoms with van der Waals surface area (Å²) < 4.78 is 0. The van der Waals surface area contributed by atoms with Gasteiger partial charge in [-0.1, -0.05) is 96.8 Å². The number of unbranched alkanes of at least 4 members (excludes halogenated alkanes) is 15. The number of hydrogen-bond donors (Lipinski definition) is 2. The highest BCUT2D eigenvalue weighted by Crippen LogP contribution is 2.13.